The van der Waals surface area contributed by atoms with Crippen molar-refractivity contribution in [3.8, 4) is 0 Å². The Morgan fingerprint density at radius 3 is 2.33 bits per heavy atom. The van der Waals surface area contributed by atoms with Crippen molar-refractivity contribution in [2.45, 2.75) is 52.1 Å². The van der Waals surface area contributed by atoms with Crippen LogP contribution < -0.4 is 5.73 Å². The largest absolute Gasteiger partial charge is 0.481 e. The molecule has 0 aromatic heterocycles. The van der Waals surface area contributed by atoms with Crippen molar-refractivity contribution in [1.29, 1.82) is 0 Å². The number of aryl methyl sites for hydroxylation is 1. The summed E-state index contributed by atoms with van der Waals surface area (Å²) >= 11 is 0. The summed E-state index contributed by atoms with van der Waals surface area (Å²) in [4.78, 5) is 24.1. The van der Waals surface area contributed by atoms with Crippen LogP contribution >= 0.6 is 0 Å². The second-order valence-electron chi connectivity index (χ2n) is 8.01. The normalized spacial score (nSPS) is 27.4. The van der Waals surface area contributed by atoms with Crippen LogP contribution in [0, 0.1) is 16.7 Å². The van der Waals surface area contributed by atoms with Crippen molar-refractivity contribution in [2.24, 2.45) is 22.5 Å². The molecule has 0 bridgehead atoms. The summed E-state index contributed by atoms with van der Waals surface area (Å²) in [7, 11) is 0. The lowest BCUT2D eigenvalue weighted by Crippen LogP contribution is -2.50. The third kappa shape index (κ3) is 4.50. The first-order valence-corrected chi connectivity index (χ1v) is 9.27. The van der Waals surface area contributed by atoms with E-state index in [-0.39, 0.29) is 18.5 Å². The third-order valence-electron chi connectivity index (χ3n) is 5.70. The lowest BCUT2D eigenvalue weighted by atomic mass is 9.58. The minimum Gasteiger partial charge on any atom is -0.481 e. The molecule has 0 saturated heterocycles. The number of benzene rings is 1. The predicted molar refractivity (Wildman–Crippen MR) is 102 cm³/mol. The van der Waals surface area contributed by atoms with E-state index in [9.17, 15) is 24.9 Å². The Morgan fingerprint density at radius 1 is 1.19 bits per heavy atom. The molecule has 5 N–H and O–H groups in total. The van der Waals surface area contributed by atoms with Crippen molar-refractivity contribution in [2.75, 3.05) is 0 Å². The molecule has 0 radical (unpaired) electrons. The van der Waals surface area contributed by atoms with Gasteiger partial charge in [-0.05, 0) is 51.2 Å². The maximum atomic E-state index is 12.3. The Kier molecular flexibility index (Phi) is 6.31. The predicted octanol–water partition coefficient (Wildman–Crippen LogP) is 2.80. The highest BCUT2D eigenvalue weighted by molar-refractivity contribution is 5.82. The van der Waals surface area contributed by atoms with Gasteiger partial charge in [0.25, 0.3) is 0 Å². The van der Waals surface area contributed by atoms with E-state index in [0.29, 0.717) is 12.8 Å². The smallest absolute Gasteiger partial charge is 0.313 e. The molecule has 1 aromatic rings. The molecule has 0 amide bonds. The van der Waals surface area contributed by atoms with Crippen molar-refractivity contribution >= 4 is 11.9 Å². The molecule has 27 heavy (non-hydrogen) atoms. The highest BCUT2D eigenvalue weighted by Crippen LogP contribution is 2.50. The molecule has 6 nitrogen and oxygen atoms in total. The fraction of sp³-hybridized carbons (Fsp3) is 0.524. The van der Waals surface area contributed by atoms with Gasteiger partial charge >= 0.3 is 11.9 Å². The molecule has 0 saturated carbocycles. The van der Waals surface area contributed by atoms with Gasteiger partial charge in [0.05, 0.1) is 16.9 Å². The maximum absolute atomic E-state index is 12.3. The summed E-state index contributed by atoms with van der Waals surface area (Å²) < 4.78 is 0. The third-order valence-corrected chi connectivity index (χ3v) is 5.70. The zero-order chi connectivity index (χ0) is 20.2. The topological polar surface area (TPSA) is 121 Å². The monoisotopic (exact) mass is 375 g/mol. The zero-order valence-corrected chi connectivity index (χ0v) is 15.9. The van der Waals surface area contributed by atoms with E-state index in [1.54, 1.807) is 6.92 Å². The lowest BCUT2D eigenvalue weighted by Gasteiger charge is -2.45. The number of hydrogen-bond acceptors (Lipinski definition) is 4. The SMILES string of the molecule is CC(O)C(CCCc1ccccc1)C1(C(=O)O)C=C(N)CC(C)(C(=O)O)C1. The van der Waals surface area contributed by atoms with Crippen LogP contribution in [0.15, 0.2) is 42.1 Å². The fourth-order valence-electron chi connectivity index (χ4n) is 4.38. The van der Waals surface area contributed by atoms with Gasteiger partial charge in [0.1, 0.15) is 0 Å². The number of nitrogens with two attached hydrogens (primary N) is 1. The number of carboxylic acids is 2. The Bertz CT molecular complexity index is 715. The first-order valence-electron chi connectivity index (χ1n) is 9.27. The van der Waals surface area contributed by atoms with Crippen LogP contribution in [0.25, 0.3) is 0 Å². The Morgan fingerprint density at radius 2 is 1.81 bits per heavy atom. The van der Waals surface area contributed by atoms with Crippen molar-refractivity contribution < 1.29 is 24.9 Å². The highest BCUT2D eigenvalue weighted by atomic mass is 16.4. The summed E-state index contributed by atoms with van der Waals surface area (Å²) in [6, 6.07) is 9.84. The Labute approximate surface area is 159 Å². The van der Waals surface area contributed by atoms with Gasteiger partial charge in [-0.15, -0.1) is 0 Å². The van der Waals surface area contributed by atoms with Crippen LogP contribution in [0.3, 0.4) is 0 Å². The van der Waals surface area contributed by atoms with Crippen LogP contribution in [0.4, 0.5) is 0 Å². The van der Waals surface area contributed by atoms with Crippen LogP contribution in [0.5, 0.6) is 0 Å². The number of carboxylic acid groups (broad SMARTS) is 2. The standard InChI is InChI=1S/C21H29NO5/c1-14(23)17(10-6-9-15-7-4-3-5-8-15)21(19(26)27)12-16(22)11-20(2,13-21)18(24)25/h3-5,7-8,12,14,17,23H,6,9-11,13,22H2,1-2H3,(H,24,25)(H,26,27). The molecule has 4 atom stereocenters. The van der Waals surface area contributed by atoms with E-state index in [2.05, 4.69) is 0 Å². The van der Waals surface area contributed by atoms with Crippen LogP contribution in [0.2, 0.25) is 0 Å². The van der Waals surface area contributed by atoms with Gasteiger partial charge in [-0.3, -0.25) is 9.59 Å². The zero-order valence-electron chi connectivity index (χ0n) is 15.9. The number of aliphatic hydroxyl groups is 1. The minimum absolute atomic E-state index is 0.0910. The summed E-state index contributed by atoms with van der Waals surface area (Å²) in [5.41, 5.74) is 4.59. The number of rotatable bonds is 8. The quantitative estimate of drug-likeness (QED) is 0.554. The molecular formula is C21H29NO5. The van der Waals surface area contributed by atoms with Gasteiger partial charge in [0.15, 0.2) is 0 Å². The first-order chi connectivity index (χ1) is 12.6. The lowest BCUT2D eigenvalue weighted by molar-refractivity contribution is -0.161. The molecule has 1 aliphatic rings. The maximum Gasteiger partial charge on any atom is 0.313 e. The van der Waals surface area contributed by atoms with Crippen molar-refractivity contribution in [3.63, 3.8) is 0 Å². The number of aliphatic hydroxyl groups excluding tert-OH is 1. The van der Waals surface area contributed by atoms with E-state index < -0.39 is 34.8 Å². The summed E-state index contributed by atoms with van der Waals surface area (Å²) in [5.74, 6) is -2.84. The number of aliphatic carboxylic acids is 2. The molecule has 0 spiro atoms. The fourth-order valence-corrected chi connectivity index (χ4v) is 4.38. The van der Waals surface area contributed by atoms with Gasteiger partial charge in [0, 0.05) is 18.0 Å². The molecule has 1 aliphatic carbocycles. The average Bonchev–Trinajstić information content (AvgIpc) is 2.58. The van der Waals surface area contributed by atoms with Gasteiger partial charge in [-0.2, -0.15) is 0 Å². The Hall–Kier alpha value is -2.34. The Balaban J connectivity index is 2.30. The first kappa shape index (κ1) is 21.0. The molecular weight excluding hydrogens is 346 g/mol. The van der Waals surface area contributed by atoms with Crippen LogP contribution in [-0.4, -0.2) is 33.4 Å². The molecule has 0 aliphatic heterocycles. The van der Waals surface area contributed by atoms with Crippen LogP contribution in [0.1, 0.15) is 45.1 Å². The molecule has 6 heteroatoms. The van der Waals surface area contributed by atoms with Gasteiger partial charge in [0.2, 0.25) is 0 Å². The molecule has 1 aromatic carbocycles. The number of hydrogen-bond donors (Lipinski definition) is 4. The number of carbonyl (C=O) groups is 2. The van der Waals surface area contributed by atoms with Gasteiger partial charge in [-0.25, -0.2) is 0 Å². The molecule has 2 rings (SSSR count). The molecule has 4 unspecified atom stereocenters. The van der Waals surface area contributed by atoms with Crippen LogP contribution in [-0.2, 0) is 16.0 Å². The number of allylic oxidation sites excluding steroid dienone is 1. The van der Waals surface area contributed by atoms with E-state index in [1.165, 1.54) is 13.0 Å². The highest BCUT2D eigenvalue weighted by Gasteiger charge is 2.54. The molecule has 0 heterocycles. The summed E-state index contributed by atoms with van der Waals surface area (Å²) in [6.07, 6.45) is 2.48. The van der Waals surface area contributed by atoms with E-state index in [1.807, 2.05) is 30.3 Å². The van der Waals surface area contributed by atoms with E-state index >= 15 is 0 Å². The van der Waals surface area contributed by atoms with E-state index in [0.717, 1.165) is 12.0 Å². The van der Waals surface area contributed by atoms with Gasteiger partial charge in [-0.1, -0.05) is 30.3 Å². The van der Waals surface area contributed by atoms with Crippen molar-refractivity contribution in [1.82, 2.24) is 0 Å². The van der Waals surface area contributed by atoms with E-state index in [4.69, 9.17) is 5.73 Å². The van der Waals surface area contributed by atoms with Gasteiger partial charge < -0.3 is 21.1 Å². The summed E-state index contributed by atoms with van der Waals surface area (Å²) in [5, 5.41) is 30.1. The molecule has 0 fully saturated rings. The summed E-state index contributed by atoms with van der Waals surface area (Å²) in [6.45, 7) is 3.09. The second-order valence-corrected chi connectivity index (χ2v) is 8.01. The van der Waals surface area contributed by atoms with Crippen molar-refractivity contribution in [3.05, 3.63) is 47.7 Å². The molecule has 148 valence electrons. The average molecular weight is 375 g/mol. The second kappa shape index (κ2) is 8.13. The minimum atomic E-state index is -1.50.